The maximum absolute atomic E-state index is 10.1. The molecular formula is C13H18N6O4. The third-order valence-electron chi connectivity index (χ3n) is 3.54. The summed E-state index contributed by atoms with van der Waals surface area (Å²) in [5.74, 6) is 0.384. The van der Waals surface area contributed by atoms with E-state index in [4.69, 9.17) is 4.74 Å². The van der Waals surface area contributed by atoms with Crippen molar-refractivity contribution < 1.29 is 20.1 Å². The number of hydrogen-bond donors (Lipinski definition) is 3. The number of ether oxygens (including phenoxy) is 1. The molecule has 0 saturated carbocycles. The van der Waals surface area contributed by atoms with Crippen molar-refractivity contribution in [2.45, 2.75) is 24.5 Å². The first-order chi connectivity index (χ1) is 11.0. The molecule has 10 heteroatoms. The minimum atomic E-state index is -1.20. The van der Waals surface area contributed by atoms with Crippen LogP contribution in [0.3, 0.4) is 0 Å². The number of aromatic nitrogens is 4. The van der Waals surface area contributed by atoms with E-state index in [9.17, 15) is 15.3 Å². The summed E-state index contributed by atoms with van der Waals surface area (Å²) in [4.78, 5) is 18.4. The summed E-state index contributed by atoms with van der Waals surface area (Å²) >= 11 is 0. The van der Waals surface area contributed by atoms with Gasteiger partial charge in [0.05, 0.1) is 19.3 Å². The molecule has 0 radical (unpaired) electrons. The molecule has 0 bridgehead atoms. The van der Waals surface area contributed by atoms with Crippen LogP contribution in [-0.4, -0.2) is 85.1 Å². The van der Waals surface area contributed by atoms with Crippen LogP contribution in [-0.2, 0) is 4.74 Å². The molecule has 0 aliphatic carbocycles. The van der Waals surface area contributed by atoms with E-state index < -0.39 is 31.1 Å². The molecule has 1 aliphatic heterocycles. The van der Waals surface area contributed by atoms with E-state index in [2.05, 4.69) is 19.9 Å². The average molecular weight is 322 g/mol. The summed E-state index contributed by atoms with van der Waals surface area (Å²) in [5.41, 5.74) is 0.865. The van der Waals surface area contributed by atoms with Crippen molar-refractivity contribution in [1.29, 1.82) is 0 Å². The van der Waals surface area contributed by atoms with E-state index in [1.807, 2.05) is 14.1 Å². The first-order valence-electron chi connectivity index (χ1n) is 7.03. The summed E-state index contributed by atoms with van der Waals surface area (Å²) in [6.07, 6.45) is 0.225. The van der Waals surface area contributed by atoms with E-state index >= 15 is 0 Å². The topological polar surface area (TPSA) is 129 Å². The van der Waals surface area contributed by atoms with Crippen molar-refractivity contribution in [2.75, 3.05) is 20.7 Å². The number of hydrogen-bond acceptors (Lipinski definition) is 8. The fourth-order valence-electron chi connectivity index (χ4n) is 2.40. The second-order valence-electron chi connectivity index (χ2n) is 5.46. The van der Waals surface area contributed by atoms with Crippen LogP contribution in [0.25, 0.3) is 11.2 Å². The lowest BCUT2D eigenvalue weighted by Crippen LogP contribution is -2.33. The number of aliphatic hydroxyl groups excluding tert-OH is 3. The van der Waals surface area contributed by atoms with Crippen LogP contribution in [0.15, 0.2) is 17.6 Å². The molecule has 1 aliphatic rings. The lowest BCUT2D eigenvalue weighted by molar-refractivity contribution is -0.0511. The molecule has 10 nitrogen and oxygen atoms in total. The van der Waals surface area contributed by atoms with Gasteiger partial charge in [-0.05, 0) is 0 Å². The Morgan fingerprint density at radius 3 is 2.74 bits per heavy atom. The summed E-state index contributed by atoms with van der Waals surface area (Å²) in [6, 6.07) is 0. The van der Waals surface area contributed by atoms with Crippen LogP contribution in [0.1, 0.15) is 6.23 Å². The number of fused-ring (bicyclic) bond motifs is 1. The number of nitrogens with zero attached hydrogens (tertiary/aromatic N) is 6. The van der Waals surface area contributed by atoms with Crippen LogP contribution in [0.5, 0.6) is 0 Å². The van der Waals surface area contributed by atoms with Crippen molar-refractivity contribution in [3.8, 4) is 0 Å². The third kappa shape index (κ3) is 2.77. The highest BCUT2D eigenvalue weighted by Crippen LogP contribution is 2.32. The van der Waals surface area contributed by atoms with Crippen LogP contribution >= 0.6 is 0 Å². The van der Waals surface area contributed by atoms with Crippen molar-refractivity contribution in [3.63, 3.8) is 0 Å². The fraction of sp³-hybridized carbons (Fsp3) is 0.538. The molecular weight excluding hydrogens is 304 g/mol. The van der Waals surface area contributed by atoms with E-state index in [1.54, 1.807) is 11.2 Å². The summed E-state index contributed by atoms with van der Waals surface area (Å²) in [7, 11) is 3.67. The molecule has 1 saturated heterocycles. The number of aliphatic imine (C=N–C) groups is 1. The SMILES string of the molecule is CN(C)C=Nc1ncnc2c1ncn2[C@H]1O[C@@H](CO)[C@@H](O)[C@H]1O. The van der Waals surface area contributed by atoms with Crippen molar-refractivity contribution >= 4 is 23.3 Å². The van der Waals surface area contributed by atoms with E-state index in [-0.39, 0.29) is 0 Å². The van der Waals surface area contributed by atoms with Crippen LogP contribution < -0.4 is 0 Å². The average Bonchev–Trinajstić information content (AvgIpc) is 3.08. The lowest BCUT2D eigenvalue weighted by Gasteiger charge is -2.16. The molecule has 0 spiro atoms. The molecule has 2 aromatic rings. The first-order valence-corrected chi connectivity index (χ1v) is 7.03. The molecule has 4 atom stereocenters. The highest BCUT2D eigenvalue weighted by Gasteiger charge is 2.43. The van der Waals surface area contributed by atoms with Crippen LogP contribution in [0, 0.1) is 0 Å². The molecule has 0 aromatic carbocycles. The smallest absolute Gasteiger partial charge is 0.184 e. The molecule has 0 unspecified atom stereocenters. The first kappa shape index (κ1) is 15.7. The van der Waals surface area contributed by atoms with E-state index in [0.29, 0.717) is 17.0 Å². The minimum Gasteiger partial charge on any atom is -0.394 e. The van der Waals surface area contributed by atoms with Crippen molar-refractivity contribution in [2.24, 2.45) is 4.99 Å². The monoisotopic (exact) mass is 322 g/mol. The van der Waals surface area contributed by atoms with Gasteiger partial charge in [0.2, 0.25) is 0 Å². The Morgan fingerprint density at radius 1 is 1.30 bits per heavy atom. The molecule has 3 heterocycles. The highest BCUT2D eigenvalue weighted by molar-refractivity contribution is 5.82. The van der Waals surface area contributed by atoms with Crippen molar-refractivity contribution in [3.05, 3.63) is 12.7 Å². The Morgan fingerprint density at radius 2 is 2.09 bits per heavy atom. The Labute approximate surface area is 131 Å². The third-order valence-corrected chi connectivity index (χ3v) is 3.54. The molecule has 3 N–H and O–H groups in total. The Kier molecular flexibility index (Phi) is 4.22. The molecule has 3 rings (SSSR count). The van der Waals surface area contributed by atoms with Gasteiger partial charge in [-0.3, -0.25) is 4.57 Å². The van der Waals surface area contributed by atoms with Crippen molar-refractivity contribution in [1.82, 2.24) is 24.4 Å². The van der Waals surface area contributed by atoms with Gasteiger partial charge in [0.15, 0.2) is 23.2 Å². The highest BCUT2D eigenvalue weighted by atomic mass is 16.6. The largest absolute Gasteiger partial charge is 0.394 e. The van der Waals surface area contributed by atoms with Gasteiger partial charge in [-0.2, -0.15) is 0 Å². The summed E-state index contributed by atoms with van der Waals surface area (Å²) < 4.78 is 6.99. The molecule has 1 fully saturated rings. The normalized spacial score (nSPS) is 28.0. The number of aliphatic hydroxyl groups is 3. The standard InChI is InChI=1S/C13H18N6O4/c1-18(2)5-17-11-8-12(15-4-14-11)19(6-16-8)13-10(22)9(21)7(3-20)23-13/h4-7,9-10,13,20-22H,3H2,1-2H3/t7-,9+,10+,13-/m0/s1. The predicted octanol–water partition coefficient (Wildman–Crippen LogP) is -1.34. The Balaban J connectivity index is 1.99. The summed E-state index contributed by atoms with van der Waals surface area (Å²) in [6.45, 7) is -0.394. The molecule has 0 amide bonds. The van der Waals surface area contributed by atoms with Gasteiger partial charge >= 0.3 is 0 Å². The van der Waals surface area contributed by atoms with E-state index in [1.165, 1.54) is 17.2 Å². The second-order valence-corrected chi connectivity index (χ2v) is 5.46. The number of imidazole rings is 1. The van der Waals surface area contributed by atoms with E-state index in [0.717, 1.165) is 0 Å². The Bertz CT molecular complexity index is 718. The van der Waals surface area contributed by atoms with Crippen LogP contribution in [0.4, 0.5) is 5.82 Å². The zero-order chi connectivity index (χ0) is 16.6. The molecule has 2 aromatic heterocycles. The molecule has 23 heavy (non-hydrogen) atoms. The second kappa shape index (κ2) is 6.16. The van der Waals surface area contributed by atoms with Gasteiger partial charge in [-0.15, -0.1) is 0 Å². The van der Waals surface area contributed by atoms with Gasteiger partial charge in [-0.1, -0.05) is 0 Å². The predicted molar refractivity (Wildman–Crippen MR) is 80.2 cm³/mol. The van der Waals surface area contributed by atoms with Gasteiger partial charge in [-0.25, -0.2) is 19.9 Å². The Hall–Kier alpha value is -2.14. The van der Waals surface area contributed by atoms with Gasteiger partial charge in [0, 0.05) is 14.1 Å². The summed E-state index contributed by atoms with van der Waals surface area (Å²) in [5, 5.41) is 29.2. The quantitative estimate of drug-likeness (QED) is 0.466. The maximum atomic E-state index is 10.1. The maximum Gasteiger partial charge on any atom is 0.184 e. The number of rotatable bonds is 4. The van der Waals surface area contributed by atoms with Gasteiger partial charge < -0.3 is 25.0 Å². The molecule has 124 valence electrons. The lowest BCUT2D eigenvalue weighted by atomic mass is 10.1. The van der Waals surface area contributed by atoms with Gasteiger partial charge in [0.25, 0.3) is 0 Å². The van der Waals surface area contributed by atoms with Gasteiger partial charge in [0.1, 0.15) is 24.6 Å². The van der Waals surface area contributed by atoms with Crippen LogP contribution in [0.2, 0.25) is 0 Å². The zero-order valence-corrected chi connectivity index (χ0v) is 12.7. The zero-order valence-electron chi connectivity index (χ0n) is 12.7. The fourth-order valence-corrected chi connectivity index (χ4v) is 2.40. The minimum absolute atomic E-state index is 0.384.